The van der Waals surface area contributed by atoms with Crippen molar-refractivity contribution in [1.29, 1.82) is 0 Å². The lowest BCUT2D eigenvalue weighted by molar-refractivity contribution is -0.119. The van der Waals surface area contributed by atoms with Crippen LogP contribution in [0, 0.1) is 6.92 Å². The van der Waals surface area contributed by atoms with Gasteiger partial charge in [0.25, 0.3) is 0 Å². The first kappa shape index (κ1) is 23.6. The molecule has 1 aliphatic heterocycles. The van der Waals surface area contributed by atoms with Crippen LogP contribution >= 0.6 is 23.4 Å². The molecule has 0 bridgehead atoms. The van der Waals surface area contributed by atoms with E-state index in [1.807, 2.05) is 47.9 Å². The number of ether oxygens (including phenoxy) is 1. The molecule has 2 heterocycles. The molecule has 0 radical (unpaired) electrons. The minimum atomic E-state index is 0.0136. The second-order valence-corrected chi connectivity index (χ2v) is 9.49. The predicted molar refractivity (Wildman–Crippen MR) is 131 cm³/mol. The monoisotopic (exact) mass is 485 g/mol. The molecular weight excluding hydrogens is 458 g/mol. The molecule has 0 aliphatic carbocycles. The Bertz CT molecular complexity index is 1100. The summed E-state index contributed by atoms with van der Waals surface area (Å²) in [5, 5.41) is 12.7. The largest absolute Gasteiger partial charge is 0.496 e. The van der Waals surface area contributed by atoms with E-state index in [1.54, 1.807) is 13.4 Å². The van der Waals surface area contributed by atoms with E-state index in [0.717, 1.165) is 49.5 Å². The van der Waals surface area contributed by atoms with E-state index in [1.165, 1.54) is 17.3 Å². The maximum absolute atomic E-state index is 12.6. The summed E-state index contributed by atoms with van der Waals surface area (Å²) in [5.41, 5.74) is 3.08. The number of halogens is 1. The fourth-order valence-electron chi connectivity index (χ4n) is 3.94. The van der Waals surface area contributed by atoms with Gasteiger partial charge in [-0.25, -0.2) is 0 Å². The SMILES string of the molecule is COc1ccccc1CN1CCC(NC(=O)CSc2nncn2-c2ccc(C)c(Cl)c2)CC1. The molecule has 0 unspecified atom stereocenters. The summed E-state index contributed by atoms with van der Waals surface area (Å²) >= 11 is 7.63. The summed E-state index contributed by atoms with van der Waals surface area (Å²) in [6.45, 7) is 4.71. The van der Waals surface area contributed by atoms with Crippen LogP contribution in [0.2, 0.25) is 5.02 Å². The molecular formula is C24H28ClN5O2S. The highest BCUT2D eigenvalue weighted by Crippen LogP contribution is 2.24. The number of benzene rings is 2. The topological polar surface area (TPSA) is 72.3 Å². The lowest BCUT2D eigenvalue weighted by atomic mass is 10.0. The van der Waals surface area contributed by atoms with Crippen LogP contribution in [-0.2, 0) is 11.3 Å². The van der Waals surface area contributed by atoms with Gasteiger partial charge in [0, 0.05) is 36.3 Å². The molecule has 3 aromatic rings. The fraction of sp³-hybridized carbons (Fsp3) is 0.375. The van der Waals surface area contributed by atoms with Gasteiger partial charge in [-0.2, -0.15) is 0 Å². The summed E-state index contributed by atoms with van der Waals surface area (Å²) < 4.78 is 7.31. The number of amides is 1. The van der Waals surface area contributed by atoms with Crippen molar-refractivity contribution in [1.82, 2.24) is 25.0 Å². The number of aromatic nitrogens is 3. The standard InChI is InChI=1S/C24H28ClN5O2S/c1-17-7-8-20(13-21(17)25)30-16-26-28-24(30)33-15-23(31)27-19-9-11-29(12-10-19)14-18-5-3-4-6-22(18)32-2/h3-8,13,16,19H,9-12,14-15H2,1-2H3,(H,27,31). The quantitative estimate of drug-likeness (QED) is 0.484. The first-order valence-electron chi connectivity index (χ1n) is 11.0. The average Bonchev–Trinajstić information content (AvgIpc) is 3.30. The number of para-hydroxylation sites is 1. The molecule has 0 saturated carbocycles. The van der Waals surface area contributed by atoms with Crippen LogP contribution in [0.15, 0.2) is 53.9 Å². The smallest absolute Gasteiger partial charge is 0.230 e. The molecule has 2 aromatic carbocycles. The highest BCUT2D eigenvalue weighted by molar-refractivity contribution is 7.99. The summed E-state index contributed by atoms with van der Waals surface area (Å²) in [7, 11) is 1.71. The van der Waals surface area contributed by atoms with Gasteiger partial charge in [0.1, 0.15) is 12.1 Å². The van der Waals surface area contributed by atoms with Crippen LogP contribution in [0.1, 0.15) is 24.0 Å². The van der Waals surface area contributed by atoms with Gasteiger partial charge < -0.3 is 10.1 Å². The number of nitrogens with one attached hydrogen (secondary N) is 1. The Kier molecular flexibility index (Phi) is 7.90. The summed E-state index contributed by atoms with van der Waals surface area (Å²) in [5.74, 6) is 1.23. The van der Waals surface area contributed by atoms with Crippen molar-refractivity contribution >= 4 is 29.3 Å². The maximum atomic E-state index is 12.6. The number of hydrogen-bond donors (Lipinski definition) is 1. The molecule has 0 atom stereocenters. The third-order valence-corrected chi connectivity index (χ3v) is 7.17. The van der Waals surface area contributed by atoms with Gasteiger partial charge in [-0.15, -0.1) is 10.2 Å². The molecule has 174 valence electrons. The van der Waals surface area contributed by atoms with Gasteiger partial charge in [-0.1, -0.05) is 47.6 Å². The molecule has 1 aliphatic rings. The van der Waals surface area contributed by atoms with E-state index in [-0.39, 0.29) is 11.9 Å². The lowest BCUT2D eigenvalue weighted by Gasteiger charge is -2.32. The zero-order valence-electron chi connectivity index (χ0n) is 18.8. The van der Waals surface area contributed by atoms with Gasteiger partial charge in [0.05, 0.1) is 18.6 Å². The fourth-order valence-corrected chi connectivity index (χ4v) is 4.86. The molecule has 1 aromatic heterocycles. The summed E-state index contributed by atoms with van der Waals surface area (Å²) in [6.07, 6.45) is 3.51. The first-order chi connectivity index (χ1) is 16.0. The van der Waals surface area contributed by atoms with Gasteiger partial charge >= 0.3 is 0 Å². The molecule has 1 amide bonds. The van der Waals surface area contributed by atoms with Gasteiger partial charge in [-0.3, -0.25) is 14.3 Å². The van der Waals surface area contributed by atoms with Crippen molar-refractivity contribution < 1.29 is 9.53 Å². The Balaban J connectivity index is 1.25. The van der Waals surface area contributed by atoms with Crippen molar-refractivity contribution in [3.63, 3.8) is 0 Å². The van der Waals surface area contributed by atoms with Crippen molar-refractivity contribution in [2.75, 3.05) is 26.0 Å². The van der Waals surface area contributed by atoms with Crippen molar-refractivity contribution in [3.05, 3.63) is 64.9 Å². The van der Waals surface area contributed by atoms with Crippen LogP contribution in [0.4, 0.5) is 0 Å². The number of rotatable bonds is 8. The van der Waals surface area contributed by atoms with Gasteiger partial charge in [-0.05, 0) is 43.5 Å². The lowest BCUT2D eigenvalue weighted by Crippen LogP contribution is -2.44. The second kappa shape index (κ2) is 11.0. The van der Waals surface area contributed by atoms with E-state index < -0.39 is 0 Å². The number of thioether (sulfide) groups is 1. The molecule has 0 spiro atoms. The highest BCUT2D eigenvalue weighted by atomic mass is 35.5. The number of likely N-dealkylation sites (tertiary alicyclic amines) is 1. The van der Waals surface area contributed by atoms with Crippen molar-refractivity contribution in [2.24, 2.45) is 0 Å². The highest BCUT2D eigenvalue weighted by Gasteiger charge is 2.22. The Hall–Kier alpha value is -2.55. The minimum Gasteiger partial charge on any atom is -0.496 e. The van der Waals surface area contributed by atoms with Crippen LogP contribution in [0.25, 0.3) is 5.69 Å². The van der Waals surface area contributed by atoms with E-state index in [9.17, 15) is 4.79 Å². The maximum Gasteiger partial charge on any atom is 0.230 e. The van der Waals surface area contributed by atoms with Crippen LogP contribution in [-0.4, -0.2) is 57.6 Å². The summed E-state index contributed by atoms with van der Waals surface area (Å²) in [6, 6.07) is 14.1. The molecule has 7 nitrogen and oxygen atoms in total. The van der Waals surface area contributed by atoms with Gasteiger partial charge in [0.2, 0.25) is 5.91 Å². The molecule has 1 N–H and O–H groups in total. The Morgan fingerprint density at radius 2 is 2.03 bits per heavy atom. The number of carbonyl (C=O) groups is 1. The molecule has 33 heavy (non-hydrogen) atoms. The van der Waals surface area contributed by atoms with E-state index >= 15 is 0 Å². The molecule has 9 heteroatoms. The average molecular weight is 486 g/mol. The first-order valence-corrected chi connectivity index (χ1v) is 12.3. The van der Waals surface area contributed by atoms with E-state index in [4.69, 9.17) is 16.3 Å². The Morgan fingerprint density at radius 3 is 2.79 bits per heavy atom. The Morgan fingerprint density at radius 1 is 1.24 bits per heavy atom. The third kappa shape index (κ3) is 6.07. The van der Waals surface area contributed by atoms with Gasteiger partial charge in [0.15, 0.2) is 5.16 Å². The number of methoxy groups -OCH3 is 1. The minimum absolute atomic E-state index is 0.0136. The van der Waals surface area contributed by atoms with Crippen LogP contribution in [0.3, 0.4) is 0 Å². The third-order valence-electron chi connectivity index (χ3n) is 5.82. The predicted octanol–water partition coefficient (Wildman–Crippen LogP) is 4.11. The second-order valence-electron chi connectivity index (χ2n) is 8.14. The molecule has 1 saturated heterocycles. The number of hydrogen-bond acceptors (Lipinski definition) is 6. The normalized spacial score (nSPS) is 14.9. The number of aryl methyl sites for hydroxylation is 1. The van der Waals surface area contributed by atoms with Crippen LogP contribution in [0.5, 0.6) is 5.75 Å². The zero-order chi connectivity index (χ0) is 23.2. The van der Waals surface area contributed by atoms with Crippen LogP contribution < -0.4 is 10.1 Å². The zero-order valence-corrected chi connectivity index (χ0v) is 20.4. The van der Waals surface area contributed by atoms with Crippen molar-refractivity contribution in [2.45, 2.75) is 37.5 Å². The Labute approximate surface area is 203 Å². The number of piperidine rings is 1. The molecule has 1 fully saturated rings. The summed E-state index contributed by atoms with van der Waals surface area (Å²) in [4.78, 5) is 15.0. The van der Waals surface area contributed by atoms with Crippen molar-refractivity contribution in [3.8, 4) is 11.4 Å². The number of nitrogens with zero attached hydrogens (tertiary/aromatic N) is 4. The van der Waals surface area contributed by atoms with E-state index in [2.05, 4.69) is 26.5 Å². The van der Waals surface area contributed by atoms with E-state index in [0.29, 0.717) is 15.9 Å². The number of carbonyl (C=O) groups excluding carboxylic acids is 1. The molecule has 4 rings (SSSR count).